The van der Waals surface area contributed by atoms with Gasteiger partial charge in [-0.25, -0.2) is 0 Å². The zero-order valence-corrected chi connectivity index (χ0v) is 12.0. The SMILES string of the molecule is CCCC(C)(CO)CN1CCCC(C)(OC)C1. The van der Waals surface area contributed by atoms with E-state index < -0.39 is 0 Å². The minimum atomic E-state index is 0.000824. The first kappa shape index (κ1) is 14.9. The van der Waals surface area contributed by atoms with Gasteiger partial charge in [-0.15, -0.1) is 0 Å². The number of aliphatic hydroxyl groups excluding tert-OH is 1. The number of likely N-dealkylation sites (tertiary alicyclic amines) is 1. The fourth-order valence-corrected chi connectivity index (χ4v) is 2.96. The van der Waals surface area contributed by atoms with Gasteiger partial charge in [-0.1, -0.05) is 20.3 Å². The Kier molecular flexibility index (Phi) is 5.42. The summed E-state index contributed by atoms with van der Waals surface area (Å²) in [6, 6.07) is 0. The van der Waals surface area contributed by atoms with Crippen LogP contribution in [0.5, 0.6) is 0 Å². The summed E-state index contributed by atoms with van der Waals surface area (Å²) in [6.07, 6.45) is 4.55. The maximum absolute atomic E-state index is 9.58. The molecule has 0 bridgehead atoms. The van der Waals surface area contributed by atoms with Crippen LogP contribution in [0.15, 0.2) is 0 Å². The van der Waals surface area contributed by atoms with Gasteiger partial charge in [0, 0.05) is 32.2 Å². The standard InChI is InChI=1S/C14H29NO2/c1-5-7-13(2,12-16)10-15-9-6-8-14(3,11-15)17-4/h16H,5-12H2,1-4H3. The van der Waals surface area contributed by atoms with Crippen molar-refractivity contribution in [1.82, 2.24) is 4.90 Å². The van der Waals surface area contributed by atoms with E-state index in [4.69, 9.17) is 4.74 Å². The molecule has 1 fully saturated rings. The quantitative estimate of drug-likeness (QED) is 0.777. The zero-order chi connectivity index (χ0) is 12.9. The van der Waals surface area contributed by atoms with Gasteiger partial charge >= 0.3 is 0 Å². The van der Waals surface area contributed by atoms with Crippen LogP contribution in [0.4, 0.5) is 0 Å². The van der Waals surface area contributed by atoms with Crippen molar-refractivity contribution in [1.29, 1.82) is 0 Å². The van der Waals surface area contributed by atoms with Crippen LogP contribution in [0, 0.1) is 5.41 Å². The van der Waals surface area contributed by atoms with E-state index in [1.807, 2.05) is 0 Å². The smallest absolute Gasteiger partial charge is 0.0777 e. The Morgan fingerprint density at radius 2 is 2.18 bits per heavy atom. The Balaban J connectivity index is 2.55. The molecule has 1 heterocycles. The Labute approximate surface area is 106 Å². The number of hydrogen-bond acceptors (Lipinski definition) is 3. The van der Waals surface area contributed by atoms with Crippen LogP contribution >= 0.6 is 0 Å². The first-order chi connectivity index (χ1) is 7.97. The van der Waals surface area contributed by atoms with Crippen LogP contribution < -0.4 is 0 Å². The fraction of sp³-hybridized carbons (Fsp3) is 1.00. The van der Waals surface area contributed by atoms with Gasteiger partial charge < -0.3 is 9.84 Å². The van der Waals surface area contributed by atoms with Gasteiger partial charge in [0.25, 0.3) is 0 Å². The Hall–Kier alpha value is -0.120. The number of methoxy groups -OCH3 is 1. The van der Waals surface area contributed by atoms with Crippen molar-refractivity contribution >= 4 is 0 Å². The minimum Gasteiger partial charge on any atom is -0.396 e. The van der Waals surface area contributed by atoms with Gasteiger partial charge in [0.05, 0.1) is 5.60 Å². The molecule has 2 unspecified atom stereocenters. The second-order valence-electron chi connectivity index (χ2n) is 6.19. The topological polar surface area (TPSA) is 32.7 Å². The number of piperidine rings is 1. The lowest BCUT2D eigenvalue weighted by Gasteiger charge is -2.43. The van der Waals surface area contributed by atoms with Crippen molar-refractivity contribution < 1.29 is 9.84 Å². The number of nitrogens with zero attached hydrogens (tertiary/aromatic N) is 1. The molecular weight excluding hydrogens is 214 g/mol. The largest absolute Gasteiger partial charge is 0.396 e. The first-order valence-corrected chi connectivity index (χ1v) is 6.85. The van der Waals surface area contributed by atoms with Gasteiger partial charge in [0.15, 0.2) is 0 Å². The van der Waals surface area contributed by atoms with Crippen LogP contribution in [0.3, 0.4) is 0 Å². The van der Waals surface area contributed by atoms with Crippen LogP contribution in [0.2, 0.25) is 0 Å². The van der Waals surface area contributed by atoms with Crippen LogP contribution in [0.25, 0.3) is 0 Å². The summed E-state index contributed by atoms with van der Waals surface area (Å²) < 4.78 is 5.61. The molecule has 102 valence electrons. The van der Waals surface area contributed by atoms with E-state index in [2.05, 4.69) is 25.7 Å². The highest BCUT2D eigenvalue weighted by atomic mass is 16.5. The molecule has 0 amide bonds. The first-order valence-electron chi connectivity index (χ1n) is 6.85. The third-order valence-corrected chi connectivity index (χ3v) is 4.07. The van der Waals surface area contributed by atoms with Crippen molar-refractivity contribution in [2.75, 3.05) is 33.4 Å². The summed E-state index contributed by atoms with van der Waals surface area (Å²) in [5.41, 5.74) is 0.0432. The van der Waals surface area contributed by atoms with E-state index in [-0.39, 0.29) is 17.6 Å². The van der Waals surface area contributed by atoms with Crippen molar-refractivity contribution in [3.63, 3.8) is 0 Å². The molecular formula is C14H29NO2. The van der Waals surface area contributed by atoms with Crippen LogP contribution in [-0.4, -0.2) is 49.0 Å². The molecule has 1 N–H and O–H groups in total. The summed E-state index contributed by atoms with van der Waals surface area (Å²) in [7, 11) is 1.81. The van der Waals surface area contributed by atoms with E-state index in [0.717, 1.165) is 38.9 Å². The molecule has 0 saturated carbocycles. The Bertz CT molecular complexity index is 234. The molecule has 1 aliphatic heterocycles. The van der Waals surface area contributed by atoms with E-state index in [1.54, 1.807) is 7.11 Å². The molecule has 0 aromatic heterocycles. The van der Waals surface area contributed by atoms with Crippen molar-refractivity contribution in [3.8, 4) is 0 Å². The second-order valence-corrected chi connectivity index (χ2v) is 6.19. The molecule has 0 aromatic rings. The number of rotatable bonds is 6. The summed E-state index contributed by atoms with van der Waals surface area (Å²) in [5, 5.41) is 9.58. The number of hydrogen-bond donors (Lipinski definition) is 1. The monoisotopic (exact) mass is 243 g/mol. The van der Waals surface area contributed by atoms with Gasteiger partial charge in [-0.2, -0.15) is 0 Å². The van der Waals surface area contributed by atoms with E-state index in [1.165, 1.54) is 6.42 Å². The lowest BCUT2D eigenvalue weighted by molar-refractivity contribution is -0.0625. The highest BCUT2D eigenvalue weighted by molar-refractivity contribution is 4.87. The predicted molar refractivity (Wildman–Crippen MR) is 71.2 cm³/mol. The zero-order valence-electron chi connectivity index (χ0n) is 12.0. The third-order valence-electron chi connectivity index (χ3n) is 4.07. The normalized spacial score (nSPS) is 30.2. The van der Waals surface area contributed by atoms with E-state index in [0.29, 0.717) is 0 Å². The third kappa shape index (κ3) is 4.23. The highest BCUT2D eigenvalue weighted by Gasteiger charge is 2.34. The second kappa shape index (κ2) is 6.17. The lowest BCUT2D eigenvalue weighted by Crippen LogP contribution is -2.50. The molecule has 0 aromatic carbocycles. The molecule has 0 spiro atoms. The molecule has 1 rings (SSSR count). The molecule has 3 heteroatoms. The number of aliphatic hydroxyl groups is 1. The number of ether oxygens (including phenoxy) is 1. The molecule has 17 heavy (non-hydrogen) atoms. The van der Waals surface area contributed by atoms with Crippen LogP contribution in [-0.2, 0) is 4.74 Å². The van der Waals surface area contributed by atoms with Crippen molar-refractivity contribution in [2.45, 2.75) is 52.1 Å². The van der Waals surface area contributed by atoms with E-state index >= 15 is 0 Å². The molecule has 2 atom stereocenters. The average molecular weight is 243 g/mol. The summed E-state index contributed by atoms with van der Waals surface area (Å²) >= 11 is 0. The minimum absolute atomic E-state index is 0.000824. The van der Waals surface area contributed by atoms with Gasteiger partial charge in [-0.3, -0.25) is 4.90 Å². The summed E-state index contributed by atoms with van der Waals surface area (Å²) in [6.45, 7) is 9.95. The maximum atomic E-state index is 9.58. The fourth-order valence-electron chi connectivity index (χ4n) is 2.96. The molecule has 1 aliphatic rings. The molecule has 1 saturated heterocycles. The summed E-state index contributed by atoms with van der Waals surface area (Å²) in [4.78, 5) is 2.46. The highest BCUT2D eigenvalue weighted by Crippen LogP contribution is 2.29. The van der Waals surface area contributed by atoms with Gasteiger partial charge in [0.1, 0.15) is 0 Å². The molecule has 0 radical (unpaired) electrons. The Morgan fingerprint density at radius 1 is 1.47 bits per heavy atom. The average Bonchev–Trinajstić information content (AvgIpc) is 2.29. The van der Waals surface area contributed by atoms with Crippen molar-refractivity contribution in [2.24, 2.45) is 5.41 Å². The molecule has 0 aliphatic carbocycles. The van der Waals surface area contributed by atoms with Crippen molar-refractivity contribution in [3.05, 3.63) is 0 Å². The van der Waals surface area contributed by atoms with Gasteiger partial charge in [0.2, 0.25) is 0 Å². The van der Waals surface area contributed by atoms with Crippen LogP contribution in [0.1, 0.15) is 46.5 Å². The summed E-state index contributed by atoms with van der Waals surface area (Å²) in [5.74, 6) is 0. The Morgan fingerprint density at radius 3 is 2.71 bits per heavy atom. The lowest BCUT2D eigenvalue weighted by atomic mass is 9.84. The predicted octanol–water partition coefficient (Wildman–Crippen LogP) is 2.29. The van der Waals surface area contributed by atoms with E-state index in [9.17, 15) is 5.11 Å². The maximum Gasteiger partial charge on any atom is 0.0777 e. The molecule has 3 nitrogen and oxygen atoms in total. The van der Waals surface area contributed by atoms with Gasteiger partial charge in [-0.05, 0) is 32.7 Å².